The van der Waals surface area contributed by atoms with E-state index in [1.165, 1.54) is 0 Å². The average molecular weight is 308 g/mol. The lowest BCUT2D eigenvalue weighted by Crippen LogP contribution is -2.63. The molecule has 7 heteroatoms. The Morgan fingerprint density at radius 1 is 1.00 bits per heavy atom. The van der Waals surface area contributed by atoms with E-state index in [-0.39, 0.29) is 11.6 Å². The van der Waals surface area contributed by atoms with Crippen molar-refractivity contribution in [3.63, 3.8) is 0 Å². The summed E-state index contributed by atoms with van der Waals surface area (Å²) in [6.07, 6.45) is -4.86. The number of aliphatic hydroxyl groups excluding tert-OH is 4. The molecule has 1 saturated heterocycles. The zero-order valence-electron chi connectivity index (χ0n) is 12.9. The Labute approximate surface area is 121 Å². The molecular weight excluding hydrogens is 280 g/mol. The number of aliphatic hydroxyl groups is 4. The first kappa shape index (κ1) is 18.0. The number of ether oxygens (including phenoxy) is 1. The minimum Gasteiger partial charge on any atom is -0.408 e. The van der Waals surface area contributed by atoms with E-state index in [4.69, 9.17) is 14.3 Å². The molecule has 1 aliphatic heterocycles. The fourth-order valence-corrected chi connectivity index (χ4v) is 3.30. The van der Waals surface area contributed by atoms with Gasteiger partial charge in [-0.05, 0) is 18.1 Å². The van der Waals surface area contributed by atoms with Crippen LogP contribution in [0.2, 0.25) is 18.1 Å². The first-order valence-electron chi connectivity index (χ1n) is 6.96. The minimum absolute atomic E-state index is 0.0640. The second-order valence-electron chi connectivity index (χ2n) is 6.90. The molecule has 0 aromatic rings. The van der Waals surface area contributed by atoms with Gasteiger partial charge in [-0.3, -0.25) is 0 Å². The Balaban J connectivity index is 2.92. The van der Waals surface area contributed by atoms with Crippen molar-refractivity contribution < 1.29 is 29.6 Å². The van der Waals surface area contributed by atoms with Crippen LogP contribution in [0.25, 0.3) is 0 Å². The van der Waals surface area contributed by atoms with Gasteiger partial charge >= 0.3 is 0 Å². The van der Waals surface area contributed by atoms with E-state index in [0.29, 0.717) is 0 Å². The fourth-order valence-electron chi connectivity index (χ4n) is 1.98. The van der Waals surface area contributed by atoms with Crippen LogP contribution in [0.5, 0.6) is 0 Å². The van der Waals surface area contributed by atoms with E-state index in [0.717, 1.165) is 0 Å². The van der Waals surface area contributed by atoms with E-state index >= 15 is 0 Å². The van der Waals surface area contributed by atoms with Gasteiger partial charge in [0.2, 0.25) is 0 Å². The molecule has 1 heterocycles. The summed E-state index contributed by atoms with van der Waals surface area (Å²) in [4.78, 5) is 0. The molecule has 120 valence electrons. The van der Waals surface area contributed by atoms with Crippen molar-refractivity contribution in [2.75, 3.05) is 13.2 Å². The molecule has 20 heavy (non-hydrogen) atoms. The Morgan fingerprint density at radius 3 is 1.90 bits per heavy atom. The summed E-state index contributed by atoms with van der Waals surface area (Å²) in [7, 11) is -2.18. The lowest BCUT2D eigenvalue weighted by molar-refractivity contribution is -0.231. The van der Waals surface area contributed by atoms with Crippen LogP contribution in [0, 0.1) is 0 Å². The van der Waals surface area contributed by atoms with Crippen molar-refractivity contribution in [3.05, 3.63) is 0 Å². The van der Waals surface area contributed by atoms with Crippen LogP contribution in [-0.2, 0) is 9.16 Å². The topological polar surface area (TPSA) is 99.4 Å². The third kappa shape index (κ3) is 3.59. The lowest BCUT2D eigenvalue weighted by atomic mass is 9.95. The Hall–Kier alpha value is -0.0231. The van der Waals surface area contributed by atoms with Crippen molar-refractivity contribution in [1.82, 2.24) is 0 Å². The zero-order valence-corrected chi connectivity index (χ0v) is 13.9. The van der Waals surface area contributed by atoms with E-state index < -0.39 is 45.4 Å². The van der Waals surface area contributed by atoms with Crippen LogP contribution in [0.4, 0.5) is 0 Å². The smallest absolute Gasteiger partial charge is 0.192 e. The zero-order chi connectivity index (χ0) is 15.7. The quantitative estimate of drug-likeness (QED) is 0.539. The van der Waals surface area contributed by atoms with E-state index in [1.54, 1.807) is 0 Å². The SMILES string of the molecule is CC(C)(C)[Si](C)(C)O[C@H]1[C@H](O)[C@@H](O)[C@H](CO)O[C@@H]1CO. The van der Waals surface area contributed by atoms with Gasteiger partial charge < -0.3 is 29.6 Å². The molecule has 4 N–H and O–H groups in total. The maximum atomic E-state index is 10.2. The highest BCUT2D eigenvalue weighted by atomic mass is 28.4. The third-order valence-corrected chi connectivity index (χ3v) is 8.85. The predicted octanol–water partition coefficient (Wildman–Crippen LogP) is -0.149. The van der Waals surface area contributed by atoms with Crippen LogP contribution >= 0.6 is 0 Å². The first-order chi connectivity index (χ1) is 9.05. The van der Waals surface area contributed by atoms with Gasteiger partial charge in [0.15, 0.2) is 8.32 Å². The van der Waals surface area contributed by atoms with Crippen LogP contribution in [-0.4, -0.2) is 72.5 Å². The standard InChI is InChI=1S/C13H28O6Si/c1-13(2,3)20(4,5)19-12-9(7-15)18-8(6-14)10(16)11(12)17/h8-12,14-17H,6-7H2,1-5H3/t8-,9+,10-,11+,12+/m0/s1. The molecule has 5 atom stereocenters. The van der Waals surface area contributed by atoms with Gasteiger partial charge in [0, 0.05) is 0 Å². The summed E-state index contributed by atoms with van der Waals surface area (Å²) < 4.78 is 11.5. The highest BCUT2D eigenvalue weighted by molar-refractivity contribution is 6.74. The summed E-state index contributed by atoms with van der Waals surface area (Å²) in [6, 6.07) is 0. The molecule has 0 aromatic heterocycles. The van der Waals surface area contributed by atoms with E-state index in [9.17, 15) is 15.3 Å². The summed E-state index contributed by atoms with van der Waals surface area (Å²) in [5.74, 6) is 0. The molecule has 0 unspecified atom stereocenters. The van der Waals surface area contributed by atoms with Gasteiger partial charge in [0.1, 0.15) is 30.5 Å². The molecule has 0 spiro atoms. The van der Waals surface area contributed by atoms with E-state index in [2.05, 4.69) is 20.8 Å². The summed E-state index contributed by atoms with van der Waals surface area (Å²) in [5.41, 5.74) is 0. The largest absolute Gasteiger partial charge is 0.408 e. The molecule has 0 saturated carbocycles. The molecule has 0 bridgehead atoms. The summed E-state index contributed by atoms with van der Waals surface area (Å²) >= 11 is 0. The van der Waals surface area contributed by atoms with Gasteiger partial charge in [-0.15, -0.1) is 0 Å². The molecule has 1 aliphatic rings. The van der Waals surface area contributed by atoms with Crippen molar-refractivity contribution >= 4 is 8.32 Å². The third-order valence-electron chi connectivity index (χ3n) is 4.38. The highest BCUT2D eigenvalue weighted by Crippen LogP contribution is 2.39. The van der Waals surface area contributed by atoms with Crippen molar-refractivity contribution in [3.8, 4) is 0 Å². The van der Waals surface area contributed by atoms with Gasteiger partial charge in [0.05, 0.1) is 13.2 Å². The molecule has 0 aliphatic carbocycles. The Bertz CT molecular complexity index is 314. The summed E-state index contributed by atoms with van der Waals surface area (Å²) in [5, 5.41) is 38.6. The predicted molar refractivity (Wildman–Crippen MR) is 76.9 cm³/mol. The molecule has 0 aromatic carbocycles. The van der Waals surface area contributed by atoms with Crippen molar-refractivity contribution in [1.29, 1.82) is 0 Å². The second kappa shape index (κ2) is 6.39. The summed E-state index contributed by atoms with van der Waals surface area (Å²) in [6.45, 7) is 9.50. The van der Waals surface area contributed by atoms with Gasteiger partial charge in [0.25, 0.3) is 0 Å². The molecule has 1 rings (SSSR count). The van der Waals surface area contributed by atoms with Gasteiger partial charge in [-0.2, -0.15) is 0 Å². The molecule has 0 amide bonds. The fraction of sp³-hybridized carbons (Fsp3) is 1.00. The van der Waals surface area contributed by atoms with Crippen LogP contribution in [0.15, 0.2) is 0 Å². The number of hydrogen-bond donors (Lipinski definition) is 4. The maximum Gasteiger partial charge on any atom is 0.192 e. The van der Waals surface area contributed by atoms with Gasteiger partial charge in [-0.1, -0.05) is 20.8 Å². The minimum atomic E-state index is -2.18. The highest BCUT2D eigenvalue weighted by Gasteiger charge is 2.49. The molecule has 0 radical (unpaired) electrons. The molecular formula is C13H28O6Si. The lowest BCUT2D eigenvalue weighted by Gasteiger charge is -2.47. The first-order valence-corrected chi connectivity index (χ1v) is 9.87. The van der Waals surface area contributed by atoms with Crippen molar-refractivity contribution in [2.45, 2.75) is 69.4 Å². The monoisotopic (exact) mass is 308 g/mol. The number of rotatable bonds is 4. The normalized spacial score (nSPS) is 36.1. The second-order valence-corrected chi connectivity index (χ2v) is 11.7. The van der Waals surface area contributed by atoms with E-state index in [1.807, 2.05) is 13.1 Å². The Morgan fingerprint density at radius 2 is 1.50 bits per heavy atom. The Kier molecular flexibility index (Phi) is 5.76. The van der Waals surface area contributed by atoms with Crippen LogP contribution in [0.3, 0.4) is 0 Å². The molecule has 6 nitrogen and oxygen atoms in total. The van der Waals surface area contributed by atoms with Crippen molar-refractivity contribution in [2.24, 2.45) is 0 Å². The van der Waals surface area contributed by atoms with Crippen LogP contribution < -0.4 is 0 Å². The maximum absolute atomic E-state index is 10.2. The average Bonchev–Trinajstić information content (AvgIpc) is 2.34. The van der Waals surface area contributed by atoms with Crippen LogP contribution in [0.1, 0.15) is 20.8 Å². The molecule has 1 fully saturated rings. The van der Waals surface area contributed by atoms with Gasteiger partial charge in [-0.25, -0.2) is 0 Å². The number of hydrogen-bond acceptors (Lipinski definition) is 6.